The normalized spacial score (nSPS) is 21.5. The Kier molecular flexibility index (Phi) is 6.25. The number of nitriles is 1. The lowest BCUT2D eigenvalue weighted by Gasteiger charge is -2.26. The van der Waals surface area contributed by atoms with Crippen LogP contribution in [0.4, 0.5) is 4.79 Å². The van der Waals surface area contributed by atoms with Crippen molar-refractivity contribution in [1.29, 1.82) is 5.26 Å². The van der Waals surface area contributed by atoms with Gasteiger partial charge in [0.2, 0.25) is 0 Å². The summed E-state index contributed by atoms with van der Waals surface area (Å²) in [7, 11) is 0. The van der Waals surface area contributed by atoms with Crippen LogP contribution in [0.1, 0.15) is 33.1 Å². The average Bonchev–Trinajstić information content (AvgIpc) is 2.85. The number of rotatable bonds is 6. The second-order valence-electron chi connectivity index (χ2n) is 5.04. The molecule has 1 heterocycles. The van der Waals surface area contributed by atoms with Gasteiger partial charge >= 0.3 is 12.0 Å². The standard InChI is InChI=1S/C13H21N3O4/c1-9(2)16(7-3-6-14)13(19)15-8-10-4-5-11(20-10)12(17)18/h9-11H,3-5,7-8H2,1-2H3,(H,15,19)(H,17,18). The van der Waals surface area contributed by atoms with E-state index in [2.05, 4.69) is 5.32 Å². The number of hydrogen-bond acceptors (Lipinski definition) is 4. The third-order valence-electron chi connectivity index (χ3n) is 3.21. The molecule has 1 rings (SSSR count). The van der Waals surface area contributed by atoms with Gasteiger partial charge in [0.25, 0.3) is 0 Å². The Morgan fingerprint density at radius 3 is 2.70 bits per heavy atom. The lowest BCUT2D eigenvalue weighted by Crippen LogP contribution is -2.46. The van der Waals surface area contributed by atoms with Gasteiger partial charge in [-0.3, -0.25) is 0 Å². The maximum absolute atomic E-state index is 12.0. The quantitative estimate of drug-likeness (QED) is 0.755. The topological polar surface area (TPSA) is 103 Å². The van der Waals surface area contributed by atoms with Crippen LogP contribution in [-0.2, 0) is 9.53 Å². The fourth-order valence-corrected chi connectivity index (χ4v) is 2.10. The minimum atomic E-state index is -0.961. The number of aliphatic carboxylic acids is 1. The molecule has 2 amide bonds. The van der Waals surface area contributed by atoms with E-state index < -0.39 is 12.1 Å². The highest BCUT2D eigenvalue weighted by Crippen LogP contribution is 2.19. The molecule has 0 aromatic carbocycles. The molecule has 112 valence electrons. The smallest absolute Gasteiger partial charge is 0.332 e. The molecule has 1 saturated heterocycles. The molecule has 2 unspecified atom stereocenters. The van der Waals surface area contributed by atoms with Crippen LogP contribution in [0.15, 0.2) is 0 Å². The number of nitrogens with one attached hydrogen (secondary N) is 1. The van der Waals surface area contributed by atoms with Crippen LogP contribution in [0, 0.1) is 11.3 Å². The Morgan fingerprint density at radius 2 is 2.20 bits per heavy atom. The van der Waals surface area contributed by atoms with Crippen molar-refractivity contribution in [2.24, 2.45) is 0 Å². The maximum Gasteiger partial charge on any atom is 0.332 e. The van der Waals surface area contributed by atoms with Gasteiger partial charge in [-0.05, 0) is 26.7 Å². The first kappa shape index (κ1) is 16.2. The van der Waals surface area contributed by atoms with Crippen molar-refractivity contribution in [1.82, 2.24) is 10.2 Å². The molecule has 7 heteroatoms. The van der Waals surface area contributed by atoms with E-state index in [1.807, 2.05) is 19.9 Å². The first-order valence-electron chi connectivity index (χ1n) is 6.75. The molecule has 0 aromatic heterocycles. The van der Waals surface area contributed by atoms with E-state index in [1.165, 1.54) is 0 Å². The molecule has 7 nitrogen and oxygen atoms in total. The lowest BCUT2D eigenvalue weighted by atomic mass is 10.2. The van der Waals surface area contributed by atoms with Crippen LogP contribution >= 0.6 is 0 Å². The highest BCUT2D eigenvalue weighted by atomic mass is 16.5. The molecular weight excluding hydrogens is 262 g/mol. The Bertz CT molecular complexity index is 392. The van der Waals surface area contributed by atoms with Gasteiger partial charge in [0, 0.05) is 19.1 Å². The van der Waals surface area contributed by atoms with E-state index in [0.29, 0.717) is 25.9 Å². The monoisotopic (exact) mass is 283 g/mol. The molecule has 0 spiro atoms. The zero-order chi connectivity index (χ0) is 15.1. The number of amides is 2. The van der Waals surface area contributed by atoms with Gasteiger partial charge < -0.3 is 20.1 Å². The van der Waals surface area contributed by atoms with Crippen LogP contribution < -0.4 is 5.32 Å². The number of hydrogen-bond donors (Lipinski definition) is 2. The molecule has 1 aliphatic rings. The molecule has 0 saturated carbocycles. The minimum absolute atomic E-state index is 0.000357. The number of urea groups is 1. The van der Waals surface area contributed by atoms with Crippen LogP contribution in [-0.4, -0.2) is 53.3 Å². The number of carbonyl (C=O) groups is 2. The molecule has 2 N–H and O–H groups in total. The highest BCUT2D eigenvalue weighted by Gasteiger charge is 2.30. The van der Waals surface area contributed by atoms with E-state index in [9.17, 15) is 9.59 Å². The molecule has 1 aliphatic heterocycles. The second kappa shape index (κ2) is 7.70. The summed E-state index contributed by atoms with van der Waals surface area (Å²) in [5.74, 6) is -0.961. The van der Waals surface area contributed by atoms with Crippen molar-refractivity contribution in [3.63, 3.8) is 0 Å². The second-order valence-corrected chi connectivity index (χ2v) is 5.04. The number of carbonyl (C=O) groups excluding carboxylic acids is 1. The van der Waals surface area contributed by atoms with E-state index in [0.717, 1.165) is 0 Å². The predicted octanol–water partition coefficient (Wildman–Crippen LogP) is 0.952. The zero-order valence-corrected chi connectivity index (χ0v) is 11.8. The number of nitrogens with zero attached hydrogens (tertiary/aromatic N) is 2. The first-order valence-corrected chi connectivity index (χ1v) is 6.75. The molecule has 20 heavy (non-hydrogen) atoms. The Labute approximate surface area is 118 Å². The predicted molar refractivity (Wildman–Crippen MR) is 71.0 cm³/mol. The summed E-state index contributed by atoms with van der Waals surface area (Å²) >= 11 is 0. The summed E-state index contributed by atoms with van der Waals surface area (Å²) in [5.41, 5.74) is 0. The molecule has 0 bridgehead atoms. The van der Waals surface area contributed by atoms with E-state index in [1.54, 1.807) is 4.90 Å². The number of ether oxygens (including phenoxy) is 1. The van der Waals surface area contributed by atoms with Gasteiger partial charge in [-0.25, -0.2) is 9.59 Å². The minimum Gasteiger partial charge on any atom is -0.479 e. The number of carboxylic acid groups (broad SMARTS) is 1. The number of carboxylic acids is 1. The molecule has 2 atom stereocenters. The summed E-state index contributed by atoms with van der Waals surface area (Å²) in [6, 6.07) is 1.76. The van der Waals surface area contributed by atoms with Crippen molar-refractivity contribution >= 4 is 12.0 Å². The van der Waals surface area contributed by atoms with Crippen molar-refractivity contribution in [2.45, 2.75) is 51.4 Å². The summed E-state index contributed by atoms with van der Waals surface area (Å²) in [5, 5.41) is 20.1. The Hall–Kier alpha value is -1.81. The maximum atomic E-state index is 12.0. The third-order valence-corrected chi connectivity index (χ3v) is 3.21. The van der Waals surface area contributed by atoms with Crippen molar-refractivity contribution in [2.75, 3.05) is 13.1 Å². The molecular formula is C13H21N3O4. The Morgan fingerprint density at radius 1 is 1.50 bits per heavy atom. The van der Waals surface area contributed by atoms with Gasteiger partial charge in [-0.15, -0.1) is 0 Å². The summed E-state index contributed by atoms with van der Waals surface area (Å²) in [6.45, 7) is 4.43. The summed E-state index contributed by atoms with van der Waals surface area (Å²) in [6.07, 6.45) is 0.351. The molecule has 0 aliphatic carbocycles. The lowest BCUT2D eigenvalue weighted by molar-refractivity contribution is -0.149. The fraction of sp³-hybridized carbons (Fsp3) is 0.769. The average molecular weight is 283 g/mol. The van der Waals surface area contributed by atoms with Crippen molar-refractivity contribution in [3.05, 3.63) is 0 Å². The van der Waals surface area contributed by atoms with Gasteiger partial charge in [0.05, 0.1) is 18.6 Å². The fourth-order valence-electron chi connectivity index (χ4n) is 2.10. The van der Waals surface area contributed by atoms with Gasteiger partial charge in [-0.1, -0.05) is 0 Å². The molecule has 1 fully saturated rings. The molecule has 0 aromatic rings. The van der Waals surface area contributed by atoms with Gasteiger partial charge in [-0.2, -0.15) is 5.26 Å². The van der Waals surface area contributed by atoms with E-state index in [4.69, 9.17) is 15.1 Å². The van der Waals surface area contributed by atoms with Crippen molar-refractivity contribution < 1.29 is 19.4 Å². The van der Waals surface area contributed by atoms with Gasteiger partial charge in [0.1, 0.15) is 0 Å². The van der Waals surface area contributed by atoms with Crippen LogP contribution in [0.25, 0.3) is 0 Å². The SMILES string of the molecule is CC(C)N(CCC#N)C(=O)NCC1CCC(C(=O)O)O1. The third kappa shape index (κ3) is 4.70. The van der Waals surface area contributed by atoms with Crippen LogP contribution in [0.2, 0.25) is 0 Å². The van der Waals surface area contributed by atoms with Crippen LogP contribution in [0.5, 0.6) is 0 Å². The highest BCUT2D eigenvalue weighted by molar-refractivity contribution is 5.74. The Balaban J connectivity index is 2.38. The first-order chi connectivity index (χ1) is 9.45. The van der Waals surface area contributed by atoms with Crippen molar-refractivity contribution in [3.8, 4) is 6.07 Å². The largest absolute Gasteiger partial charge is 0.479 e. The van der Waals surface area contributed by atoms with E-state index >= 15 is 0 Å². The molecule has 0 radical (unpaired) electrons. The van der Waals surface area contributed by atoms with Crippen LogP contribution in [0.3, 0.4) is 0 Å². The summed E-state index contributed by atoms with van der Waals surface area (Å²) < 4.78 is 5.31. The zero-order valence-electron chi connectivity index (χ0n) is 11.8. The van der Waals surface area contributed by atoms with E-state index in [-0.39, 0.29) is 24.6 Å². The van der Waals surface area contributed by atoms with Gasteiger partial charge in [0.15, 0.2) is 6.10 Å². The summed E-state index contributed by atoms with van der Waals surface area (Å²) in [4.78, 5) is 24.3.